The van der Waals surface area contributed by atoms with Crippen LogP contribution >= 0.6 is 0 Å². The number of nitro benzene ring substituents is 1. The van der Waals surface area contributed by atoms with E-state index in [-0.39, 0.29) is 5.69 Å². The van der Waals surface area contributed by atoms with E-state index in [1.807, 2.05) is 18.2 Å². The summed E-state index contributed by atoms with van der Waals surface area (Å²) < 4.78 is 5.23. The number of nitrogens with one attached hydrogen (secondary N) is 1. The second-order valence-electron chi connectivity index (χ2n) is 5.14. The monoisotopic (exact) mass is 319 g/mol. The van der Waals surface area contributed by atoms with Crippen molar-refractivity contribution >= 4 is 28.2 Å². The van der Waals surface area contributed by atoms with Gasteiger partial charge in [-0.05, 0) is 29.8 Å². The molecule has 0 amide bonds. The van der Waals surface area contributed by atoms with Crippen LogP contribution in [0.3, 0.4) is 0 Å². The smallest absolute Gasteiger partial charge is 0.270 e. The summed E-state index contributed by atoms with van der Waals surface area (Å²) in [5, 5.41) is 21.3. The van der Waals surface area contributed by atoms with Crippen LogP contribution in [0.25, 0.3) is 22.6 Å². The van der Waals surface area contributed by atoms with Crippen molar-refractivity contribution in [2.75, 3.05) is 7.11 Å². The fourth-order valence-corrected chi connectivity index (χ4v) is 2.51. The van der Waals surface area contributed by atoms with Crippen molar-refractivity contribution in [2.45, 2.75) is 0 Å². The van der Waals surface area contributed by atoms with Gasteiger partial charge in [0.25, 0.3) is 5.69 Å². The fraction of sp³-hybridized carbons (Fsp3) is 0.0556. The number of nitriles is 1. The Labute approximate surface area is 137 Å². The Morgan fingerprint density at radius 1 is 1.33 bits per heavy atom. The van der Waals surface area contributed by atoms with Gasteiger partial charge in [-0.3, -0.25) is 10.1 Å². The van der Waals surface area contributed by atoms with Gasteiger partial charge in [0.15, 0.2) is 0 Å². The lowest BCUT2D eigenvalue weighted by Gasteiger charge is -2.02. The zero-order chi connectivity index (χ0) is 17.1. The second-order valence-corrected chi connectivity index (χ2v) is 5.14. The number of H-pyrrole nitrogens is 1. The number of hydrogen-bond acceptors (Lipinski definition) is 4. The summed E-state index contributed by atoms with van der Waals surface area (Å²) >= 11 is 0. The van der Waals surface area contributed by atoms with E-state index in [1.165, 1.54) is 12.1 Å². The van der Waals surface area contributed by atoms with Crippen LogP contribution < -0.4 is 4.74 Å². The van der Waals surface area contributed by atoms with Gasteiger partial charge in [0.05, 0.1) is 23.7 Å². The molecule has 0 unspecified atom stereocenters. The van der Waals surface area contributed by atoms with Gasteiger partial charge in [-0.15, -0.1) is 0 Å². The highest BCUT2D eigenvalue weighted by molar-refractivity contribution is 6.01. The summed E-state index contributed by atoms with van der Waals surface area (Å²) in [5.41, 5.74) is 2.60. The van der Waals surface area contributed by atoms with E-state index in [0.717, 1.165) is 16.5 Å². The zero-order valence-electron chi connectivity index (χ0n) is 12.8. The first-order valence-electron chi connectivity index (χ1n) is 7.14. The molecule has 3 aromatic rings. The van der Waals surface area contributed by atoms with Gasteiger partial charge in [-0.25, -0.2) is 0 Å². The number of hydrogen-bond donors (Lipinski definition) is 1. The topological polar surface area (TPSA) is 92.0 Å². The maximum absolute atomic E-state index is 10.9. The van der Waals surface area contributed by atoms with Gasteiger partial charge in [0.1, 0.15) is 5.75 Å². The number of rotatable bonds is 4. The molecule has 0 bridgehead atoms. The molecule has 3 rings (SSSR count). The number of non-ortho nitro benzene ring substituents is 1. The number of benzene rings is 2. The normalized spacial score (nSPS) is 11.2. The highest BCUT2D eigenvalue weighted by Gasteiger charge is 2.11. The predicted octanol–water partition coefficient (Wildman–Crippen LogP) is 4.15. The molecule has 1 heterocycles. The molecule has 0 spiro atoms. The van der Waals surface area contributed by atoms with E-state index in [1.54, 1.807) is 31.5 Å². The first-order chi connectivity index (χ1) is 11.6. The Morgan fingerprint density at radius 3 is 2.88 bits per heavy atom. The Bertz CT molecular complexity index is 996. The van der Waals surface area contributed by atoms with Crippen molar-refractivity contribution in [1.82, 2.24) is 4.98 Å². The van der Waals surface area contributed by atoms with E-state index in [9.17, 15) is 15.4 Å². The minimum Gasteiger partial charge on any atom is -0.497 e. The Balaban J connectivity index is 2.11. The molecule has 1 aromatic heterocycles. The lowest BCUT2D eigenvalue weighted by molar-refractivity contribution is -0.384. The number of allylic oxidation sites excluding steroid dienone is 1. The quantitative estimate of drug-likeness (QED) is 0.444. The molecule has 0 aliphatic carbocycles. The van der Waals surface area contributed by atoms with E-state index >= 15 is 0 Å². The van der Waals surface area contributed by atoms with Crippen molar-refractivity contribution in [3.05, 3.63) is 69.9 Å². The minimum absolute atomic E-state index is 0.0124. The van der Waals surface area contributed by atoms with Gasteiger partial charge < -0.3 is 9.72 Å². The van der Waals surface area contributed by atoms with Crippen molar-refractivity contribution in [3.8, 4) is 11.8 Å². The molecule has 24 heavy (non-hydrogen) atoms. The van der Waals surface area contributed by atoms with Crippen LogP contribution in [0.1, 0.15) is 11.1 Å². The Kier molecular flexibility index (Phi) is 4.00. The molecular formula is C18H13N3O3. The average molecular weight is 319 g/mol. The molecule has 0 saturated carbocycles. The van der Waals surface area contributed by atoms with Crippen molar-refractivity contribution < 1.29 is 9.66 Å². The third-order valence-corrected chi connectivity index (χ3v) is 3.69. The SMILES string of the molecule is COc1ccc2[nH]cc(/C(C#N)=C/c3cccc([N+](=O)[O-])c3)c2c1. The first-order valence-corrected chi connectivity index (χ1v) is 7.14. The van der Waals surface area contributed by atoms with Crippen LogP contribution in [-0.4, -0.2) is 17.0 Å². The lowest BCUT2D eigenvalue weighted by Crippen LogP contribution is -1.88. The predicted molar refractivity (Wildman–Crippen MR) is 91.4 cm³/mol. The number of nitro groups is 1. The molecule has 118 valence electrons. The number of nitrogens with zero attached hydrogens (tertiary/aromatic N) is 2. The molecule has 0 saturated heterocycles. The maximum atomic E-state index is 10.9. The van der Waals surface area contributed by atoms with Crippen LogP contribution in [-0.2, 0) is 0 Å². The number of ether oxygens (including phenoxy) is 1. The number of aromatic nitrogens is 1. The highest BCUT2D eigenvalue weighted by atomic mass is 16.6. The van der Waals surface area contributed by atoms with Crippen molar-refractivity contribution in [3.63, 3.8) is 0 Å². The van der Waals surface area contributed by atoms with Gasteiger partial charge in [-0.2, -0.15) is 5.26 Å². The molecule has 6 heteroatoms. The molecule has 0 aliphatic heterocycles. The third kappa shape index (κ3) is 2.83. The lowest BCUT2D eigenvalue weighted by atomic mass is 10.0. The zero-order valence-corrected chi connectivity index (χ0v) is 12.8. The summed E-state index contributed by atoms with van der Waals surface area (Å²) in [7, 11) is 1.58. The average Bonchev–Trinajstić information content (AvgIpc) is 3.02. The van der Waals surface area contributed by atoms with Crippen molar-refractivity contribution in [1.29, 1.82) is 5.26 Å². The van der Waals surface area contributed by atoms with Gasteiger partial charge >= 0.3 is 0 Å². The highest BCUT2D eigenvalue weighted by Crippen LogP contribution is 2.29. The number of methoxy groups -OCH3 is 1. The minimum atomic E-state index is -0.458. The van der Waals surface area contributed by atoms with E-state index in [4.69, 9.17) is 4.74 Å². The molecule has 0 radical (unpaired) electrons. The molecule has 0 aliphatic rings. The van der Waals surface area contributed by atoms with Crippen LogP contribution in [0, 0.1) is 21.4 Å². The molecule has 6 nitrogen and oxygen atoms in total. The van der Waals surface area contributed by atoms with Crippen LogP contribution in [0.2, 0.25) is 0 Å². The van der Waals surface area contributed by atoms with E-state index in [0.29, 0.717) is 16.9 Å². The number of fused-ring (bicyclic) bond motifs is 1. The summed E-state index contributed by atoms with van der Waals surface area (Å²) in [5.74, 6) is 0.691. The third-order valence-electron chi connectivity index (χ3n) is 3.69. The van der Waals surface area contributed by atoms with E-state index in [2.05, 4.69) is 11.1 Å². The second kappa shape index (κ2) is 6.26. The summed E-state index contributed by atoms with van der Waals surface area (Å²) in [4.78, 5) is 13.5. The van der Waals surface area contributed by atoms with Crippen LogP contribution in [0.5, 0.6) is 5.75 Å². The molecular weight excluding hydrogens is 306 g/mol. The summed E-state index contributed by atoms with van der Waals surface area (Å²) in [6, 6.07) is 13.9. The Hall–Kier alpha value is -3.59. The molecule has 0 fully saturated rings. The van der Waals surface area contributed by atoms with E-state index < -0.39 is 4.92 Å². The molecule has 0 atom stereocenters. The van der Waals surface area contributed by atoms with Crippen LogP contribution in [0.15, 0.2) is 48.7 Å². The van der Waals surface area contributed by atoms with Gasteiger partial charge in [-0.1, -0.05) is 12.1 Å². The first kappa shape index (κ1) is 15.3. The van der Waals surface area contributed by atoms with Gasteiger partial charge in [0, 0.05) is 34.8 Å². The molecule has 2 aromatic carbocycles. The Morgan fingerprint density at radius 2 is 2.17 bits per heavy atom. The van der Waals surface area contributed by atoms with Crippen molar-refractivity contribution in [2.24, 2.45) is 0 Å². The largest absolute Gasteiger partial charge is 0.497 e. The maximum Gasteiger partial charge on any atom is 0.270 e. The van der Waals surface area contributed by atoms with Crippen LogP contribution in [0.4, 0.5) is 5.69 Å². The number of aromatic amines is 1. The standard InChI is InChI=1S/C18H13N3O3/c1-24-15-5-6-18-16(9-15)17(11-20-18)13(10-19)7-12-3-2-4-14(8-12)21(22)23/h2-9,11,20H,1H3/b13-7+. The summed E-state index contributed by atoms with van der Waals surface area (Å²) in [6.07, 6.45) is 3.38. The van der Waals surface area contributed by atoms with Gasteiger partial charge in [0.2, 0.25) is 0 Å². The summed E-state index contributed by atoms with van der Waals surface area (Å²) in [6.45, 7) is 0. The molecule has 1 N–H and O–H groups in total. The fourth-order valence-electron chi connectivity index (χ4n) is 2.51.